The van der Waals surface area contributed by atoms with Gasteiger partial charge in [0.15, 0.2) is 0 Å². The zero-order valence-corrected chi connectivity index (χ0v) is 10.1. The molecule has 0 saturated heterocycles. The zero-order valence-electron chi connectivity index (χ0n) is 8.50. The van der Waals surface area contributed by atoms with Crippen LogP contribution in [0.5, 0.6) is 0 Å². The molecular weight excluding hydrogens is 242 g/mol. The minimum Gasteiger partial charge on any atom is -0.396 e. The van der Waals surface area contributed by atoms with Crippen LogP contribution in [0.1, 0.15) is 25.5 Å². The van der Waals surface area contributed by atoms with Crippen LogP contribution in [0, 0.1) is 5.41 Å². The molecule has 0 aromatic heterocycles. The monoisotopic (exact) mass is 257 g/mol. The summed E-state index contributed by atoms with van der Waals surface area (Å²) in [5, 5.41) is 9.19. The summed E-state index contributed by atoms with van der Waals surface area (Å²) in [6.07, 6.45) is 0. The van der Waals surface area contributed by atoms with Crippen LogP contribution < -0.4 is 5.73 Å². The largest absolute Gasteiger partial charge is 0.396 e. The molecule has 78 valence electrons. The topological polar surface area (TPSA) is 46.2 Å². The lowest BCUT2D eigenvalue weighted by Crippen LogP contribution is -2.32. The Bertz CT molecular complexity index is 295. The van der Waals surface area contributed by atoms with Gasteiger partial charge in [-0.2, -0.15) is 0 Å². The fraction of sp³-hybridized carbons (Fsp3) is 0.455. The fourth-order valence-electron chi connectivity index (χ4n) is 1.22. The summed E-state index contributed by atoms with van der Waals surface area (Å²) in [6, 6.07) is 7.74. The van der Waals surface area contributed by atoms with Crippen molar-refractivity contribution in [2.45, 2.75) is 19.9 Å². The van der Waals surface area contributed by atoms with Gasteiger partial charge < -0.3 is 10.8 Å². The quantitative estimate of drug-likeness (QED) is 0.874. The Kier molecular flexibility index (Phi) is 3.70. The highest BCUT2D eigenvalue weighted by molar-refractivity contribution is 9.10. The minimum absolute atomic E-state index is 0.0875. The summed E-state index contributed by atoms with van der Waals surface area (Å²) in [5.74, 6) is 0. The van der Waals surface area contributed by atoms with Gasteiger partial charge in [-0.15, -0.1) is 0 Å². The van der Waals surface area contributed by atoms with Crippen molar-refractivity contribution in [3.05, 3.63) is 34.3 Å². The van der Waals surface area contributed by atoms with Crippen LogP contribution in [-0.4, -0.2) is 11.7 Å². The molecule has 1 atom stereocenters. The van der Waals surface area contributed by atoms with E-state index >= 15 is 0 Å². The molecule has 1 rings (SSSR count). The van der Waals surface area contributed by atoms with E-state index in [0.717, 1.165) is 10.0 Å². The highest BCUT2D eigenvalue weighted by Crippen LogP contribution is 2.30. The van der Waals surface area contributed by atoms with Crippen molar-refractivity contribution in [2.24, 2.45) is 11.1 Å². The Labute approximate surface area is 93.3 Å². The normalized spacial score (nSPS) is 14.1. The van der Waals surface area contributed by atoms with Gasteiger partial charge in [-0.3, -0.25) is 0 Å². The maximum absolute atomic E-state index is 9.19. The number of nitrogens with two attached hydrogens (primary N) is 1. The zero-order chi connectivity index (χ0) is 10.8. The molecule has 0 fully saturated rings. The molecule has 0 radical (unpaired) electrons. The molecule has 14 heavy (non-hydrogen) atoms. The molecule has 0 unspecified atom stereocenters. The molecule has 0 heterocycles. The summed E-state index contributed by atoms with van der Waals surface area (Å²) < 4.78 is 1.04. The number of halogens is 1. The number of aliphatic hydroxyl groups is 1. The highest BCUT2D eigenvalue weighted by atomic mass is 79.9. The second-order valence-electron chi connectivity index (χ2n) is 4.18. The van der Waals surface area contributed by atoms with Crippen LogP contribution >= 0.6 is 15.9 Å². The Morgan fingerprint density at radius 1 is 1.36 bits per heavy atom. The molecule has 0 bridgehead atoms. The van der Waals surface area contributed by atoms with Crippen LogP contribution in [-0.2, 0) is 0 Å². The van der Waals surface area contributed by atoms with Crippen molar-refractivity contribution in [1.82, 2.24) is 0 Å². The second-order valence-corrected chi connectivity index (χ2v) is 5.09. The SMILES string of the molecule is CC(C)(CO)[C@@H](N)c1ccc(Br)cc1. The van der Waals surface area contributed by atoms with Gasteiger partial charge in [0.25, 0.3) is 0 Å². The number of hydrogen-bond donors (Lipinski definition) is 2. The predicted molar refractivity (Wildman–Crippen MR) is 61.9 cm³/mol. The van der Waals surface area contributed by atoms with E-state index in [1.165, 1.54) is 0 Å². The maximum Gasteiger partial charge on any atom is 0.0500 e. The average Bonchev–Trinajstić information content (AvgIpc) is 2.18. The van der Waals surface area contributed by atoms with Gasteiger partial charge in [-0.1, -0.05) is 41.9 Å². The molecule has 0 amide bonds. The van der Waals surface area contributed by atoms with Crippen molar-refractivity contribution >= 4 is 15.9 Å². The molecule has 2 nitrogen and oxygen atoms in total. The molecule has 0 aliphatic carbocycles. The Morgan fingerprint density at radius 2 is 1.86 bits per heavy atom. The highest BCUT2D eigenvalue weighted by Gasteiger charge is 2.26. The molecule has 0 saturated carbocycles. The molecule has 3 heteroatoms. The lowest BCUT2D eigenvalue weighted by molar-refractivity contribution is 0.132. The van der Waals surface area contributed by atoms with Crippen LogP contribution in [0.25, 0.3) is 0 Å². The summed E-state index contributed by atoms with van der Waals surface area (Å²) in [6.45, 7) is 4.00. The standard InChI is InChI=1S/C11H16BrNO/c1-11(2,7-14)10(13)8-3-5-9(12)6-4-8/h3-6,10,14H,7,13H2,1-2H3/t10-/m0/s1. The lowest BCUT2D eigenvalue weighted by Gasteiger charge is -2.29. The van der Waals surface area contributed by atoms with Crippen molar-refractivity contribution in [1.29, 1.82) is 0 Å². The first-order valence-electron chi connectivity index (χ1n) is 4.59. The third-order valence-corrected chi connectivity index (χ3v) is 3.01. The van der Waals surface area contributed by atoms with Gasteiger partial charge in [0.2, 0.25) is 0 Å². The van der Waals surface area contributed by atoms with Crippen LogP contribution in [0.2, 0.25) is 0 Å². The van der Waals surface area contributed by atoms with E-state index in [4.69, 9.17) is 5.73 Å². The van der Waals surface area contributed by atoms with Crippen LogP contribution in [0.3, 0.4) is 0 Å². The van der Waals surface area contributed by atoms with E-state index in [1.807, 2.05) is 38.1 Å². The van der Waals surface area contributed by atoms with Gasteiger partial charge in [0.1, 0.15) is 0 Å². The van der Waals surface area contributed by atoms with E-state index in [-0.39, 0.29) is 18.1 Å². The van der Waals surface area contributed by atoms with Crippen molar-refractivity contribution in [3.63, 3.8) is 0 Å². The summed E-state index contributed by atoms with van der Waals surface area (Å²) >= 11 is 3.37. The third-order valence-electron chi connectivity index (χ3n) is 2.48. The van der Waals surface area contributed by atoms with E-state index in [2.05, 4.69) is 15.9 Å². The third kappa shape index (κ3) is 2.56. The second kappa shape index (κ2) is 4.43. The Balaban J connectivity index is 2.89. The van der Waals surface area contributed by atoms with Gasteiger partial charge in [0, 0.05) is 22.5 Å². The summed E-state index contributed by atoms with van der Waals surface area (Å²) in [7, 11) is 0. The Morgan fingerprint density at radius 3 is 2.29 bits per heavy atom. The lowest BCUT2D eigenvalue weighted by atomic mass is 9.82. The first kappa shape index (κ1) is 11.7. The minimum atomic E-state index is -0.284. The Hall–Kier alpha value is -0.380. The molecule has 1 aromatic carbocycles. The van der Waals surface area contributed by atoms with Gasteiger partial charge >= 0.3 is 0 Å². The number of hydrogen-bond acceptors (Lipinski definition) is 2. The van der Waals surface area contributed by atoms with E-state index in [0.29, 0.717) is 0 Å². The van der Waals surface area contributed by atoms with E-state index in [1.54, 1.807) is 0 Å². The molecule has 3 N–H and O–H groups in total. The first-order chi connectivity index (χ1) is 6.47. The molecule has 0 aliphatic heterocycles. The van der Waals surface area contributed by atoms with Crippen LogP contribution in [0.4, 0.5) is 0 Å². The van der Waals surface area contributed by atoms with Gasteiger partial charge in [-0.05, 0) is 17.7 Å². The van der Waals surface area contributed by atoms with Crippen molar-refractivity contribution < 1.29 is 5.11 Å². The molecular formula is C11H16BrNO. The maximum atomic E-state index is 9.19. The number of rotatable bonds is 3. The van der Waals surface area contributed by atoms with Gasteiger partial charge in [-0.25, -0.2) is 0 Å². The van der Waals surface area contributed by atoms with E-state index < -0.39 is 0 Å². The van der Waals surface area contributed by atoms with Crippen molar-refractivity contribution in [2.75, 3.05) is 6.61 Å². The predicted octanol–water partition coefficient (Wildman–Crippen LogP) is 2.47. The number of benzene rings is 1. The van der Waals surface area contributed by atoms with Crippen molar-refractivity contribution in [3.8, 4) is 0 Å². The molecule has 0 spiro atoms. The average molecular weight is 258 g/mol. The molecule has 1 aromatic rings. The van der Waals surface area contributed by atoms with E-state index in [9.17, 15) is 5.11 Å². The van der Waals surface area contributed by atoms with Crippen LogP contribution in [0.15, 0.2) is 28.7 Å². The summed E-state index contributed by atoms with van der Waals surface area (Å²) in [4.78, 5) is 0. The summed E-state index contributed by atoms with van der Waals surface area (Å²) in [5.41, 5.74) is 6.82. The number of aliphatic hydroxyl groups excluding tert-OH is 1. The smallest absolute Gasteiger partial charge is 0.0500 e. The molecule has 0 aliphatic rings. The van der Waals surface area contributed by atoms with Gasteiger partial charge in [0.05, 0.1) is 0 Å². The fourth-order valence-corrected chi connectivity index (χ4v) is 1.48. The first-order valence-corrected chi connectivity index (χ1v) is 5.38.